The van der Waals surface area contributed by atoms with Crippen LogP contribution in [0.15, 0.2) is 65.8 Å². The molecule has 0 saturated carbocycles. The van der Waals surface area contributed by atoms with E-state index in [-0.39, 0.29) is 0 Å². The lowest BCUT2D eigenvalue weighted by Crippen LogP contribution is -2.05. The summed E-state index contributed by atoms with van der Waals surface area (Å²) in [6.07, 6.45) is 3.54. The van der Waals surface area contributed by atoms with E-state index in [1.165, 1.54) is 0 Å². The number of rotatable bonds is 6. The monoisotopic (exact) mass is 411 g/mol. The van der Waals surface area contributed by atoms with E-state index in [0.717, 1.165) is 26.5 Å². The molecule has 1 N–H and O–H groups in total. The van der Waals surface area contributed by atoms with E-state index in [4.69, 9.17) is 9.47 Å². The lowest BCUT2D eigenvalue weighted by molar-refractivity contribution is 0.354. The highest BCUT2D eigenvalue weighted by molar-refractivity contribution is 7.86. The third-order valence-corrected chi connectivity index (χ3v) is 6.24. The second-order valence-corrected chi connectivity index (χ2v) is 8.07. The van der Waals surface area contributed by atoms with Crippen LogP contribution in [-0.2, 0) is 11.0 Å². The zero-order valence-electron chi connectivity index (χ0n) is 15.2. The minimum Gasteiger partial charge on any atom is -0.493 e. The van der Waals surface area contributed by atoms with Crippen molar-refractivity contribution >= 4 is 38.2 Å². The maximum atomic E-state index is 12.8. The predicted molar refractivity (Wildman–Crippen MR) is 112 cm³/mol. The van der Waals surface area contributed by atoms with Gasteiger partial charge in [0.1, 0.15) is 16.0 Å². The average molecular weight is 412 g/mol. The van der Waals surface area contributed by atoms with E-state index in [2.05, 4.69) is 14.7 Å². The Hall–Kier alpha value is -2.97. The van der Waals surface area contributed by atoms with Crippen LogP contribution >= 0.6 is 11.3 Å². The molecule has 0 radical (unpaired) electrons. The third-order valence-electron chi connectivity index (χ3n) is 4.08. The van der Waals surface area contributed by atoms with E-state index in [1.807, 2.05) is 36.5 Å². The van der Waals surface area contributed by atoms with Gasteiger partial charge in [0.05, 0.1) is 29.3 Å². The van der Waals surface area contributed by atoms with Crippen LogP contribution in [0, 0.1) is 0 Å². The standard InChI is InChI=1S/C20H17N3O3S2/c1-25-17-7-6-15(11-18(17)26-2)28(24)23-14-5-3-4-13(10-14)20-22-16-8-9-21-12-19(16)27-20/h3-12,23H,1-2H3. The second-order valence-electron chi connectivity index (χ2n) is 5.83. The molecular formula is C20H17N3O3S2. The van der Waals surface area contributed by atoms with Gasteiger partial charge in [-0.3, -0.25) is 4.98 Å². The van der Waals surface area contributed by atoms with E-state index < -0.39 is 11.0 Å². The molecule has 1 atom stereocenters. The minimum atomic E-state index is -1.45. The molecule has 2 aromatic heterocycles. The number of fused-ring (bicyclic) bond motifs is 1. The van der Waals surface area contributed by atoms with Crippen molar-refractivity contribution in [1.29, 1.82) is 0 Å². The highest BCUT2D eigenvalue weighted by Crippen LogP contribution is 2.32. The van der Waals surface area contributed by atoms with Gasteiger partial charge in [0.15, 0.2) is 11.5 Å². The number of hydrogen-bond acceptors (Lipinski definition) is 6. The average Bonchev–Trinajstić information content (AvgIpc) is 3.17. The second kappa shape index (κ2) is 7.95. The fraction of sp³-hybridized carbons (Fsp3) is 0.100. The molecule has 0 amide bonds. The summed E-state index contributed by atoms with van der Waals surface area (Å²) >= 11 is 1.58. The molecule has 0 fully saturated rings. The molecule has 2 aromatic carbocycles. The van der Waals surface area contributed by atoms with Crippen LogP contribution in [0.1, 0.15) is 0 Å². The Labute approximate surface area is 168 Å². The number of pyridine rings is 1. The fourth-order valence-corrected chi connectivity index (χ4v) is 4.51. The maximum absolute atomic E-state index is 12.8. The first kappa shape index (κ1) is 18.4. The van der Waals surface area contributed by atoms with E-state index >= 15 is 0 Å². The zero-order chi connectivity index (χ0) is 19.5. The molecule has 2 heterocycles. The molecule has 4 aromatic rings. The Morgan fingerprint density at radius 3 is 2.68 bits per heavy atom. The van der Waals surface area contributed by atoms with Crippen molar-refractivity contribution in [2.45, 2.75) is 4.90 Å². The first-order chi connectivity index (χ1) is 13.7. The molecule has 28 heavy (non-hydrogen) atoms. The van der Waals surface area contributed by atoms with E-state index in [9.17, 15) is 4.21 Å². The molecule has 0 aliphatic carbocycles. The third kappa shape index (κ3) is 3.69. The first-order valence-electron chi connectivity index (χ1n) is 8.39. The SMILES string of the molecule is COc1ccc(S(=O)Nc2cccc(-c3nc4ccncc4s3)c2)cc1OC. The van der Waals surface area contributed by atoms with Crippen LogP contribution in [0.5, 0.6) is 11.5 Å². The number of hydrogen-bond donors (Lipinski definition) is 1. The van der Waals surface area contributed by atoms with Crippen LogP contribution in [0.25, 0.3) is 20.8 Å². The van der Waals surface area contributed by atoms with E-state index in [0.29, 0.717) is 16.4 Å². The zero-order valence-corrected chi connectivity index (χ0v) is 16.8. The smallest absolute Gasteiger partial charge is 0.161 e. The molecule has 0 saturated heterocycles. The summed E-state index contributed by atoms with van der Waals surface area (Å²) in [5.41, 5.74) is 2.61. The molecule has 1 unspecified atom stereocenters. The Morgan fingerprint density at radius 2 is 1.89 bits per heavy atom. The van der Waals surface area contributed by atoms with Crippen molar-refractivity contribution in [1.82, 2.24) is 9.97 Å². The highest BCUT2D eigenvalue weighted by atomic mass is 32.2. The van der Waals surface area contributed by atoms with E-state index in [1.54, 1.807) is 50.0 Å². The molecule has 0 bridgehead atoms. The van der Waals surface area contributed by atoms with Gasteiger partial charge in [-0.25, -0.2) is 9.19 Å². The normalized spacial score (nSPS) is 11.9. The Kier molecular flexibility index (Phi) is 5.23. The lowest BCUT2D eigenvalue weighted by Gasteiger charge is -2.11. The summed E-state index contributed by atoms with van der Waals surface area (Å²) < 4.78 is 27.3. The van der Waals surface area contributed by atoms with Crippen molar-refractivity contribution in [2.75, 3.05) is 18.9 Å². The van der Waals surface area contributed by atoms with Crippen molar-refractivity contribution in [2.24, 2.45) is 0 Å². The number of nitrogens with one attached hydrogen (secondary N) is 1. The lowest BCUT2D eigenvalue weighted by atomic mass is 10.2. The fourth-order valence-electron chi connectivity index (χ4n) is 2.72. The molecule has 4 rings (SSSR count). The van der Waals surface area contributed by atoms with Crippen molar-refractivity contribution in [3.05, 3.63) is 60.9 Å². The van der Waals surface area contributed by atoms with Crippen LogP contribution < -0.4 is 14.2 Å². The van der Waals surface area contributed by atoms with Gasteiger partial charge in [0.2, 0.25) is 0 Å². The number of methoxy groups -OCH3 is 2. The first-order valence-corrected chi connectivity index (χ1v) is 10.4. The summed E-state index contributed by atoms with van der Waals surface area (Å²) in [5, 5.41) is 0.892. The van der Waals surface area contributed by atoms with Crippen LogP contribution in [0.2, 0.25) is 0 Å². The summed E-state index contributed by atoms with van der Waals surface area (Å²) in [7, 11) is 1.67. The van der Waals surface area contributed by atoms with Gasteiger partial charge < -0.3 is 14.2 Å². The molecule has 8 heteroatoms. The van der Waals surface area contributed by atoms with Gasteiger partial charge >= 0.3 is 0 Å². The molecular weight excluding hydrogens is 394 g/mol. The number of benzene rings is 2. The number of ether oxygens (including phenoxy) is 2. The largest absolute Gasteiger partial charge is 0.493 e. The number of nitrogens with zero attached hydrogens (tertiary/aromatic N) is 2. The van der Waals surface area contributed by atoms with Crippen molar-refractivity contribution < 1.29 is 13.7 Å². The van der Waals surface area contributed by atoms with Crippen LogP contribution in [0.3, 0.4) is 0 Å². The molecule has 6 nitrogen and oxygen atoms in total. The summed E-state index contributed by atoms with van der Waals surface area (Å²) in [5.74, 6) is 1.13. The van der Waals surface area contributed by atoms with Crippen LogP contribution in [0.4, 0.5) is 5.69 Å². The predicted octanol–water partition coefficient (Wildman–Crippen LogP) is 4.51. The quantitative estimate of drug-likeness (QED) is 0.505. The Morgan fingerprint density at radius 1 is 1.04 bits per heavy atom. The number of anilines is 1. The molecule has 0 aliphatic heterocycles. The summed E-state index contributed by atoms with van der Waals surface area (Å²) in [6, 6.07) is 14.8. The minimum absolute atomic E-state index is 0.534. The van der Waals surface area contributed by atoms with Crippen molar-refractivity contribution in [3.8, 4) is 22.1 Å². The van der Waals surface area contributed by atoms with Gasteiger partial charge in [0.25, 0.3) is 0 Å². The van der Waals surface area contributed by atoms with Gasteiger partial charge in [-0.1, -0.05) is 12.1 Å². The van der Waals surface area contributed by atoms with Gasteiger partial charge in [-0.2, -0.15) is 0 Å². The summed E-state index contributed by atoms with van der Waals surface area (Å²) in [6.45, 7) is 0. The Bertz CT molecular complexity index is 1130. The molecule has 0 spiro atoms. The number of thiazole rings is 1. The maximum Gasteiger partial charge on any atom is 0.161 e. The molecule has 142 valence electrons. The molecule has 0 aliphatic rings. The topological polar surface area (TPSA) is 73.3 Å². The highest BCUT2D eigenvalue weighted by Gasteiger charge is 2.11. The summed E-state index contributed by atoms with van der Waals surface area (Å²) in [4.78, 5) is 9.37. The number of aromatic nitrogens is 2. The van der Waals surface area contributed by atoms with Crippen LogP contribution in [-0.4, -0.2) is 28.4 Å². The van der Waals surface area contributed by atoms with Gasteiger partial charge in [-0.05, 0) is 30.3 Å². The van der Waals surface area contributed by atoms with Gasteiger partial charge in [-0.15, -0.1) is 11.3 Å². The van der Waals surface area contributed by atoms with Crippen molar-refractivity contribution in [3.63, 3.8) is 0 Å². The van der Waals surface area contributed by atoms with Gasteiger partial charge in [0, 0.05) is 29.7 Å². The Balaban J connectivity index is 1.59.